The predicted octanol–water partition coefficient (Wildman–Crippen LogP) is -0.183. The average molecular weight is 260 g/mol. The van der Waals surface area contributed by atoms with Crippen molar-refractivity contribution in [2.75, 3.05) is 12.3 Å². The number of oxime groups is 1. The van der Waals surface area contributed by atoms with Crippen LogP contribution in [0, 0.1) is 0 Å². The van der Waals surface area contributed by atoms with Gasteiger partial charge in [0.1, 0.15) is 10.7 Å². The summed E-state index contributed by atoms with van der Waals surface area (Å²) in [7, 11) is 0. The summed E-state index contributed by atoms with van der Waals surface area (Å²) < 4.78 is 0. The van der Waals surface area contributed by atoms with Crippen LogP contribution in [0.4, 0.5) is 5.13 Å². The Hall–Kier alpha value is -1.74. The van der Waals surface area contributed by atoms with E-state index < -0.39 is 5.97 Å². The van der Waals surface area contributed by atoms with Gasteiger partial charge in [-0.15, -0.1) is 11.3 Å². The maximum atomic E-state index is 10.8. The van der Waals surface area contributed by atoms with E-state index in [1.165, 1.54) is 5.38 Å². The Labute approximate surface area is 99.7 Å². The monoisotopic (exact) mass is 260 g/mol. The highest BCUT2D eigenvalue weighted by Crippen LogP contribution is 2.12. The molecule has 0 aliphatic carbocycles. The van der Waals surface area contributed by atoms with Gasteiger partial charge in [-0.1, -0.05) is 17.4 Å². The second-order valence-corrected chi connectivity index (χ2v) is 3.97. The van der Waals surface area contributed by atoms with Crippen LogP contribution in [0.15, 0.2) is 10.5 Å². The molecule has 0 unspecified atom stereocenters. The van der Waals surface area contributed by atoms with Gasteiger partial charge in [0.15, 0.2) is 11.7 Å². The molecule has 5 N–H and O–H groups in total. The van der Waals surface area contributed by atoms with Crippen LogP contribution in [0.1, 0.15) is 5.69 Å². The number of carboxylic acids is 1. The number of anilines is 1. The number of aliphatic carboxylic acids is 1. The number of hydrogen-bond donors (Lipinski definition) is 3. The van der Waals surface area contributed by atoms with Gasteiger partial charge in [0.25, 0.3) is 0 Å². The minimum Gasteiger partial charge on any atom is -0.476 e. The number of nitrogens with zero attached hydrogens (tertiary/aromatic N) is 2. The van der Waals surface area contributed by atoms with Crippen molar-refractivity contribution < 1.29 is 14.7 Å². The fraction of sp³-hybridized carbons (Fsp3) is 0.143. The third-order valence-electron chi connectivity index (χ3n) is 1.33. The van der Waals surface area contributed by atoms with Crippen LogP contribution in [0.3, 0.4) is 0 Å². The number of hydrogen-bond acceptors (Lipinski definition) is 7. The molecule has 0 saturated heterocycles. The Kier molecular flexibility index (Phi) is 4.14. The molecule has 0 bridgehead atoms. The summed E-state index contributed by atoms with van der Waals surface area (Å²) in [6, 6.07) is 0. The third kappa shape index (κ3) is 3.44. The summed E-state index contributed by atoms with van der Waals surface area (Å²) >= 11 is 5.64. The van der Waals surface area contributed by atoms with E-state index in [1.54, 1.807) is 0 Å². The van der Waals surface area contributed by atoms with Crippen molar-refractivity contribution >= 4 is 45.4 Å². The number of thiocarbonyl (C=S) groups is 1. The SMILES string of the molecule is NC(=S)CO/N=C(\C(=O)O)c1csc(N)n1. The number of nitrogen functional groups attached to an aromatic ring is 1. The molecular weight excluding hydrogens is 252 g/mol. The second-order valence-electron chi connectivity index (χ2n) is 2.56. The van der Waals surface area contributed by atoms with E-state index in [2.05, 4.69) is 27.2 Å². The van der Waals surface area contributed by atoms with Crippen LogP contribution in [0.25, 0.3) is 0 Å². The third-order valence-corrected chi connectivity index (χ3v) is 2.12. The zero-order valence-electron chi connectivity index (χ0n) is 7.91. The first-order valence-corrected chi connectivity index (χ1v) is 5.22. The summed E-state index contributed by atoms with van der Waals surface area (Å²) in [5, 5.41) is 13.9. The molecule has 0 spiro atoms. The molecule has 1 rings (SSSR count). The maximum Gasteiger partial charge on any atom is 0.360 e. The normalized spacial score (nSPS) is 11.1. The molecule has 1 aromatic rings. The van der Waals surface area contributed by atoms with Gasteiger partial charge < -0.3 is 21.4 Å². The molecule has 0 aliphatic rings. The molecule has 0 amide bonds. The molecule has 1 aromatic heterocycles. The molecule has 0 saturated carbocycles. The van der Waals surface area contributed by atoms with Crippen LogP contribution in [0.2, 0.25) is 0 Å². The fourth-order valence-electron chi connectivity index (χ4n) is 0.752. The lowest BCUT2D eigenvalue weighted by Gasteiger charge is -1.98. The Morgan fingerprint density at radius 2 is 2.44 bits per heavy atom. The molecular formula is C7H8N4O3S2. The number of rotatable bonds is 5. The molecule has 7 nitrogen and oxygen atoms in total. The van der Waals surface area contributed by atoms with E-state index in [4.69, 9.17) is 16.6 Å². The van der Waals surface area contributed by atoms with Crippen molar-refractivity contribution in [1.29, 1.82) is 0 Å². The van der Waals surface area contributed by atoms with Crippen LogP contribution in [-0.4, -0.2) is 33.4 Å². The number of thiazole rings is 1. The number of nitrogens with two attached hydrogens (primary N) is 2. The van der Waals surface area contributed by atoms with E-state index in [0.717, 1.165) is 11.3 Å². The van der Waals surface area contributed by atoms with Crippen LogP contribution in [-0.2, 0) is 9.63 Å². The van der Waals surface area contributed by atoms with E-state index in [1.807, 2.05) is 0 Å². The molecule has 0 fully saturated rings. The van der Waals surface area contributed by atoms with E-state index >= 15 is 0 Å². The minimum absolute atomic E-state index is 0.0753. The second kappa shape index (κ2) is 5.37. The summed E-state index contributed by atoms with van der Waals surface area (Å²) in [5.74, 6) is -1.27. The van der Waals surface area contributed by atoms with Crippen molar-refractivity contribution in [3.05, 3.63) is 11.1 Å². The Balaban J connectivity index is 2.83. The van der Waals surface area contributed by atoms with Gasteiger partial charge in [0, 0.05) is 5.38 Å². The van der Waals surface area contributed by atoms with Gasteiger partial charge >= 0.3 is 5.97 Å². The van der Waals surface area contributed by atoms with Crippen molar-refractivity contribution in [3.63, 3.8) is 0 Å². The largest absolute Gasteiger partial charge is 0.476 e. The summed E-state index contributed by atoms with van der Waals surface area (Å²) in [4.78, 5) is 19.3. The summed E-state index contributed by atoms with van der Waals surface area (Å²) in [5.41, 5.74) is 10.3. The van der Waals surface area contributed by atoms with Gasteiger partial charge in [-0.25, -0.2) is 9.78 Å². The molecule has 0 radical (unpaired) electrons. The van der Waals surface area contributed by atoms with Gasteiger partial charge in [-0.05, 0) is 0 Å². The van der Waals surface area contributed by atoms with Gasteiger partial charge in [0.2, 0.25) is 5.71 Å². The van der Waals surface area contributed by atoms with Crippen LogP contribution in [0.5, 0.6) is 0 Å². The molecule has 86 valence electrons. The smallest absolute Gasteiger partial charge is 0.360 e. The number of carboxylic acid groups (broad SMARTS) is 1. The molecule has 9 heteroatoms. The van der Waals surface area contributed by atoms with Crippen LogP contribution >= 0.6 is 23.6 Å². The first kappa shape index (κ1) is 12.3. The lowest BCUT2D eigenvalue weighted by Crippen LogP contribution is -2.18. The van der Waals surface area contributed by atoms with Gasteiger partial charge in [0.05, 0.1) is 0 Å². The van der Waals surface area contributed by atoms with E-state index in [-0.39, 0.29) is 28.1 Å². The highest BCUT2D eigenvalue weighted by atomic mass is 32.1. The van der Waals surface area contributed by atoms with Crippen molar-refractivity contribution in [3.8, 4) is 0 Å². The summed E-state index contributed by atoms with van der Waals surface area (Å²) in [6.07, 6.45) is 0. The lowest BCUT2D eigenvalue weighted by molar-refractivity contribution is -0.129. The Morgan fingerprint density at radius 1 is 1.75 bits per heavy atom. The zero-order valence-corrected chi connectivity index (χ0v) is 9.55. The maximum absolute atomic E-state index is 10.8. The van der Waals surface area contributed by atoms with Crippen molar-refractivity contribution in [1.82, 2.24) is 4.98 Å². The first-order chi connectivity index (χ1) is 7.50. The minimum atomic E-state index is -1.27. The average Bonchev–Trinajstić information content (AvgIpc) is 2.58. The van der Waals surface area contributed by atoms with Crippen molar-refractivity contribution in [2.45, 2.75) is 0 Å². The quantitative estimate of drug-likeness (QED) is 0.381. The summed E-state index contributed by atoms with van der Waals surface area (Å²) in [6.45, 7) is -0.133. The molecule has 1 heterocycles. The van der Waals surface area contributed by atoms with Gasteiger partial charge in [-0.3, -0.25) is 0 Å². The number of aromatic nitrogens is 1. The van der Waals surface area contributed by atoms with Crippen LogP contribution < -0.4 is 11.5 Å². The highest BCUT2D eigenvalue weighted by Gasteiger charge is 2.16. The lowest BCUT2D eigenvalue weighted by atomic mass is 10.3. The topological polar surface area (TPSA) is 124 Å². The number of carbonyl (C=O) groups is 1. The van der Waals surface area contributed by atoms with Crippen molar-refractivity contribution in [2.24, 2.45) is 10.9 Å². The van der Waals surface area contributed by atoms with E-state index in [9.17, 15) is 4.79 Å². The zero-order chi connectivity index (χ0) is 12.1. The molecule has 0 aliphatic heterocycles. The molecule has 16 heavy (non-hydrogen) atoms. The Morgan fingerprint density at radius 3 is 2.88 bits per heavy atom. The first-order valence-electron chi connectivity index (χ1n) is 3.93. The van der Waals surface area contributed by atoms with Gasteiger partial charge in [-0.2, -0.15) is 0 Å². The van der Waals surface area contributed by atoms with E-state index in [0.29, 0.717) is 0 Å². The molecule has 0 atom stereocenters. The fourth-order valence-corrected chi connectivity index (χ4v) is 1.35. The highest BCUT2D eigenvalue weighted by molar-refractivity contribution is 7.80. The predicted molar refractivity (Wildman–Crippen MR) is 63.4 cm³/mol. The molecule has 0 aromatic carbocycles. The Bertz CT molecular complexity index is 443. The standard InChI is InChI=1S/C7H8N4O3S2/c8-4(15)1-14-11-5(6(12)13)3-2-16-7(9)10-3/h2H,1H2,(H2,8,15)(H2,9,10)(H,12,13)/b11-5-.